The number of aromatic nitrogens is 2. The fourth-order valence-electron chi connectivity index (χ4n) is 1.77. The molecular formula is C14H16N2O3. The molecule has 0 fully saturated rings. The highest BCUT2D eigenvalue weighted by molar-refractivity contribution is 5.26. The predicted molar refractivity (Wildman–Crippen MR) is 71.4 cm³/mol. The molecule has 0 amide bonds. The van der Waals surface area contributed by atoms with Crippen LogP contribution in [-0.4, -0.2) is 15.1 Å². The van der Waals surface area contributed by atoms with Gasteiger partial charge in [-0.3, -0.25) is 4.79 Å². The summed E-state index contributed by atoms with van der Waals surface area (Å²) in [4.78, 5) is 18.4. The van der Waals surface area contributed by atoms with E-state index >= 15 is 0 Å². The van der Waals surface area contributed by atoms with Gasteiger partial charge in [0.2, 0.25) is 5.88 Å². The summed E-state index contributed by atoms with van der Waals surface area (Å²) in [7, 11) is 0. The minimum Gasteiger partial charge on any atom is -0.493 e. The summed E-state index contributed by atoms with van der Waals surface area (Å²) in [5.74, 6) is 0.666. The molecule has 1 aromatic carbocycles. The van der Waals surface area contributed by atoms with Gasteiger partial charge in [0.15, 0.2) is 5.82 Å². The Balaban J connectivity index is 2.17. The number of para-hydroxylation sites is 1. The van der Waals surface area contributed by atoms with Crippen molar-refractivity contribution in [3.63, 3.8) is 0 Å². The Hall–Kier alpha value is -2.30. The van der Waals surface area contributed by atoms with E-state index in [-0.39, 0.29) is 24.0 Å². The van der Waals surface area contributed by atoms with Crippen LogP contribution in [0.25, 0.3) is 0 Å². The maximum absolute atomic E-state index is 11.8. The molecule has 0 saturated carbocycles. The molecule has 0 aliphatic heterocycles. The van der Waals surface area contributed by atoms with E-state index in [1.807, 2.05) is 32.0 Å². The van der Waals surface area contributed by atoms with Gasteiger partial charge in [-0.2, -0.15) is 4.98 Å². The third kappa shape index (κ3) is 3.13. The largest absolute Gasteiger partial charge is 0.493 e. The number of nitrogens with zero attached hydrogens (tertiary/aromatic N) is 1. The van der Waals surface area contributed by atoms with Crippen LogP contribution in [0.15, 0.2) is 35.1 Å². The average molecular weight is 260 g/mol. The van der Waals surface area contributed by atoms with E-state index in [0.29, 0.717) is 17.1 Å². The molecule has 2 aromatic rings. The zero-order chi connectivity index (χ0) is 13.8. The number of H-pyrrole nitrogens is 1. The molecule has 100 valence electrons. The predicted octanol–water partition coefficient (Wildman–Crippen LogP) is 2.18. The lowest BCUT2D eigenvalue weighted by Gasteiger charge is -2.09. The van der Waals surface area contributed by atoms with Gasteiger partial charge in [-0.1, -0.05) is 32.0 Å². The lowest BCUT2D eigenvalue weighted by atomic mass is 10.1. The average Bonchev–Trinajstić information content (AvgIpc) is 2.36. The number of ether oxygens (including phenoxy) is 1. The second-order valence-electron chi connectivity index (χ2n) is 4.51. The van der Waals surface area contributed by atoms with Gasteiger partial charge in [-0.25, -0.2) is 0 Å². The summed E-state index contributed by atoms with van der Waals surface area (Å²) in [5, 5.41) is 9.75. The summed E-state index contributed by atoms with van der Waals surface area (Å²) in [6, 6.07) is 9.20. The fraction of sp³-hybridized carbons (Fsp3) is 0.286. The van der Waals surface area contributed by atoms with E-state index in [1.165, 1.54) is 0 Å². The highest BCUT2D eigenvalue weighted by Gasteiger charge is 2.14. The van der Waals surface area contributed by atoms with Crippen LogP contribution in [0.3, 0.4) is 0 Å². The van der Waals surface area contributed by atoms with Crippen LogP contribution in [0.2, 0.25) is 0 Å². The van der Waals surface area contributed by atoms with Crippen LogP contribution >= 0.6 is 0 Å². The Kier molecular flexibility index (Phi) is 3.85. The number of rotatable bonds is 4. The number of hydrogen-bond donors (Lipinski definition) is 2. The maximum Gasteiger partial charge on any atom is 0.258 e. The molecule has 0 radical (unpaired) electrons. The number of hydrogen-bond acceptors (Lipinski definition) is 4. The summed E-state index contributed by atoms with van der Waals surface area (Å²) < 4.78 is 5.46. The van der Waals surface area contributed by atoms with Gasteiger partial charge in [-0.05, 0) is 18.1 Å². The van der Waals surface area contributed by atoms with Gasteiger partial charge in [-0.15, -0.1) is 0 Å². The third-order valence-corrected chi connectivity index (χ3v) is 2.68. The summed E-state index contributed by atoms with van der Waals surface area (Å²) in [6.07, 6.45) is 0. The Morgan fingerprint density at radius 3 is 2.58 bits per heavy atom. The Labute approximate surface area is 110 Å². The van der Waals surface area contributed by atoms with E-state index in [4.69, 9.17) is 4.74 Å². The number of aromatic amines is 1. The number of nitrogens with one attached hydrogen (secondary N) is 1. The second-order valence-corrected chi connectivity index (χ2v) is 4.51. The first kappa shape index (κ1) is 13.1. The normalized spacial score (nSPS) is 10.7. The Morgan fingerprint density at radius 1 is 1.32 bits per heavy atom. The van der Waals surface area contributed by atoms with E-state index < -0.39 is 0 Å². The first-order valence-corrected chi connectivity index (χ1v) is 6.08. The Morgan fingerprint density at radius 2 is 2.00 bits per heavy atom. The zero-order valence-corrected chi connectivity index (χ0v) is 10.9. The molecule has 2 rings (SSSR count). The molecule has 5 nitrogen and oxygen atoms in total. The van der Waals surface area contributed by atoms with Crippen molar-refractivity contribution in [3.05, 3.63) is 52.1 Å². The van der Waals surface area contributed by atoms with Crippen LogP contribution in [0, 0.1) is 0 Å². The van der Waals surface area contributed by atoms with Crippen molar-refractivity contribution in [1.29, 1.82) is 0 Å². The molecule has 0 spiro atoms. The van der Waals surface area contributed by atoms with Crippen LogP contribution in [-0.2, 0) is 6.61 Å². The molecule has 0 bridgehead atoms. The molecule has 0 unspecified atom stereocenters. The lowest BCUT2D eigenvalue weighted by Crippen LogP contribution is -2.18. The van der Waals surface area contributed by atoms with E-state index in [1.54, 1.807) is 12.1 Å². The van der Waals surface area contributed by atoms with Crippen molar-refractivity contribution in [2.75, 3.05) is 0 Å². The van der Waals surface area contributed by atoms with Gasteiger partial charge in [0, 0.05) is 0 Å². The molecular weight excluding hydrogens is 244 g/mol. The van der Waals surface area contributed by atoms with E-state index in [9.17, 15) is 9.90 Å². The SMILES string of the molecule is CC(C)c1c(O)nc(COc2ccccc2)[nH]c1=O. The van der Waals surface area contributed by atoms with Crippen molar-refractivity contribution in [2.24, 2.45) is 0 Å². The molecule has 1 aromatic heterocycles. The van der Waals surface area contributed by atoms with Gasteiger partial charge in [0.25, 0.3) is 5.56 Å². The highest BCUT2D eigenvalue weighted by Crippen LogP contribution is 2.18. The van der Waals surface area contributed by atoms with Gasteiger partial charge in [0.1, 0.15) is 12.4 Å². The van der Waals surface area contributed by atoms with E-state index in [2.05, 4.69) is 9.97 Å². The topological polar surface area (TPSA) is 75.2 Å². The second kappa shape index (κ2) is 5.56. The number of benzene rings is 1. The van der Waals surface area contributed by atoms with Gasteiger partial charge >= 0.3 is 0 Å². The third-order valence-electron chi connectivity index (χ3n) is 2.68. The zero-order valence-electron chi connectivity index (χ0n) is 10.9. The number of aromatic hydroxyl groups is 1. The highest BCUT2D eigenvalue weighted by atomic mass is 16.5. The molecule has 0 saturated heterocycles. The van der Waals surface area contributed by atoms with Crippen molar-refractivity contribution < 1.29 is 9.84 Å². The molecule has 0 aliphatic rings. The Bertz CT molecular complexity index is 606. The van der Waals surface area contributed by atoms with Gasteiger partial charge in [0.05, 0.1) is 5.56 Å². The first-order chi connectivity index (χ1) is 9.08. The molecule has 1 heterocycles. The summed E-state index contributed by atoms with van der Waals surface area (Å²) >= 11 is 0. The smallest absolute Gasteiger partial charge is 0.258 e. The van der Waals surface area contributed by atoms with Crippen LogP contribution in [0.1, 0.15) is 31.2 Å². The standard InChI is InChI=1S/C14H16N2O3/c1-9(2)12-13(17)15-11(16-14(12)18)8-19-10-6-4-3-5-7-10/h3-7,9H,8H2,1-2H3,(H2,15,16,17,18). The first-order valence-electron chi connectivity index (χ1n) is 6.08. The van der Waals surface area contributed by atoms with Gasteiger partial charge < -0.3 is 14.8 Å². The van der Waals surface area contributed by atoms with Crippen LogP contribution in [0.5, 0.6) is 11.6 Å². The van der Waals surface area contributed by atoms with Crippen molar-refractivity contribution in [2.45, 2.75) is 26.4 Å². The molecule has 0 atom stereocenters. The monoisotopic (exact) mass is 260 g/mol. The minimum absolute atomic E-state index is 0.0830. The minimum atomic E-state index is -0.325. The summed E-state index contributed by atoms with van der Waals surface area (Å²) in [6.45, 7) is 3.75. The maximum atomic E-state index is 11.8. The van der Waals surface area contributed by atoms with Crippen LogP contribution in [0.4, 0.5) is 0 Å². The quantitative estimate of drug-likeness (QED) is 0.883. The van der Waals surface area contributed by atoms with Crippen molar-refractivity contribution in [1.82, 2.24) is 9.97 Å². The van der Waals surface area contributed by atoms with Crippen LogP contribution < -0.4 is 10.3 Å². The van der Waals surface area contributed by atoms with Crippen molar-refractivity contribution in [3.8, 4) is 11.6 Å². The molecule has 19 heavy (non-hydrogen) atoms. The summed E-state index contributed by atoms with van der Waals surface area (Å²) in [5.41, 5.74) is -0.0300. The lowest BCUT2D eigenvalue weighted by molar-refractivity contribution is 0.292. The van der Waals surface area contributed by atoms with E-state index in [0.717, 1.165) is 0 Å². The fourth-order valence-corrected chi connectivity index (χ4v) is 1.77. The molecule has 2 N–H and O–H groups in total. The molecule has 0 aliphatic carbocycles. The van der Waals surface area contributed by atoms with Crippen molar-refractivity contribution >= 4 is 0 Å². The molecule has 5 heteroatoms.